The van der Waals surface area contributed by atoms with Crippen molar-refractivity contribution in [3.63, 3.8) is 0 Å². The summed E-state index contributed by atoms with van der Waals surface area (Å²) in [4.78, 5) is 11.1. The smallest absolute Gasteiger partial charge is 0.341 e. The van der Waals surface area contributed by atoms with E-state index in [1.54, 1.807) is 17.9 Å². The maximum absolute atomic E-state index is 11.1. The Morgan fingerprint density at radius 3 is 3.00 bits per heavy atom. The quantitative estimate of drug-likeness (QED) is 0.612. The third kappa shape index (κ3) is 1.37. The molecule has 0 amide bonds. The van der Waals surface area contributed by atoms with Crippen LogP contribution in [-0.4, -0.2) is 22.9 Å². The van der Waals surface area contributed by atoms with Gasteiger partial charge >= 0.3 is 5.97 Å². The fraction of sp³-hybridized carbons (Fsp3) is 0.250. The third-order valence-electron chi connectivity index (χ3n) is 1.46. The standard InChI is InChI=1S/C8H10N2O2/c1-4-7-6(8(11)12-3)5-10(2)9-7/h4-5H,1H2,2-3H3. The number of ether oxygens (including phenoxy) is 1. The van der Waals surface area contributed by atoms with E-state index in [4.69, 9.17) is 0 Å². The maximum atomic E-state index is 11.1. The first-order valence-corrected chi connectivity index (χ1v) is 3.43. The monoisotopic (exact) mass is 166 g/mol. The Bertz CT molecular complexity index is 315. The molecular formula is C8H10N2O2. The summed E-state index contributed by atoms with van der Waals surface area (Å²) in [6, 6.07) is 0. The number of carbonyl (C=O) groups excluding carboxylic acids is 1. The van der Waals surface area contributed by atoms with E-state index in [0.29, 0.717) is 11.3 Å². The number of methoxy groups -OCH3 is 1. The number of hydrogen-bond acceptors (Lipinski definition) is 3. The zero-order valence-corrected chi connectivity index (χ0v) is 7.07. The Hall–Kier alpha value is -1.58. The second kappa shape index (κ2) is 3.21. The summed E-state index contributed by atoms with van der Waals surface area (Å²) in [5.41, 5.74) is 0.986. The first kappa shape index (κ1) is 8.52. The Morgan fingerprint density at radius 2 is 2.50 bits per heavy atom. The van der Waals surface area contributed by atoms with E-state index in [1.807, 2.05) is 0 Å². The normalized spacial score (nSPS) is 9.50. The summed E-state index contributed by atoms with van der Waals surface area (Å²) < 4.78 is 6.10. The molecule has 1 aromatic heterocycles. The summed E-state index contributed by atoms with van der Waals surface area (Å²) in [6.45, 7) is 3.54. The largest absolute Gasteiger partial charge is 0.465 e. The molecular weight excluding hydrogens is 156 g/mol. The zero-order valence-electron chi connectivity index (χ0n) is 7.07. The zero-order chi connectivity index (χ0) is 9.14. The van der Waals surface area contributed by atoms with Crippen LogP contribution < -0.4 is 0 Å². The Labute approximate surface area is 70.4 Å². The van der Waals surface area contributed by atoms with Crippen molar-refractivity contribution in [3.8, 4) is 0 Å². The van der Waals surface area contributed by atoms with Crippen LogP contribution in [0.25, 0.3) is 6.08 Å². The summed E-state index contributed by atoms with van der Waals surface area (Å²) in [5.74, 6) is -0.391. The van der Waals surface area contributed by atoms with Gasteiger partial charge in [0.25, 0.3) is 0 Å². The predicted molar refractivity (Wildman–Crippen MR) is 44.6 cm³/mol. The molecule has 0 saturated carbocycles. The van der Waals surface area contributed by atoms with Crippen molar-refractivity contribution in [1.29, 1.82) is 0 Å². The third-order valence-corrected chi connectivity index (χ3v) is 1.46. The van der Waals surface area contributed by atoms with Crippen molar-refractivity contribution in [2.24, 2.45) is 7.05 Å². The van der Waals surface area contributed by atoms with Gasteiger partial charge in [-0.3, -0.25) is 4.68 Å². The van der Waals surface area contributed by atoms with Crippen LogP contribution in [0, 0.1) is 0 Å². The highest BCUT2D eigenvalue weighted by Crippen LogP contribution is 2.08. The summed E-state index contributed by atoms with van der Waals surface area (Å²) in [5, 5.41) is 4.00. The lowest BCUT2D eigenvalue weighted by atomic mass is 10.2. The number of carbonyl (C=O) groups is 1. The van der Waals surface area contributed by atoms with Gasteiger partial charge < -0.3 is 4.74 Å². The molecule has 1 rings (SSSR count). The van der Waals surface area contributed by atoms with Crippen molar-refractivity contribution in [2.45, 2.75) is 0 Å². The maximum Gasteiger partial charge on any atom is 0.341 e. The molecule has 0 aliphatic heterocycles. The van der Waals surface area contributed by atoms with E-state index in [0.717, 1.165) is 0 Å². The van der Waals surface area contributed by atoms with Crippen LogP contribution >= 0.6 is 0 Å². The van der Waals surface area contributed by atoms with Gasteiger partial charge in [0.2, 0.25) is 0 Å². The van der Waals surface area contributed by atoms with Gasteiger partial charge in [-0.25, -0.2) is 4.79 Å². The number of aryl methyl sites for hydroxylation is 1. The van der Waals surface area contributed by atoms with Crippen LogP contribution in [-0.2, 0) is 11.8 Å². The molecule has 4 nitrogen and oxygen atoms in total. The predicted octanol–water partition coefficient (Wildman–Crippen LogP) is 0.850. The van der Waals surface area contributed by atoms with Gasteiger partial charge in [-0.2, -0.15) is 5.10 Å². The van der Waals surface area contributed by atoms with Gasteiger partial charge in [0, 0.05) is 13.2 Å². The van der Waals surface area contributed by atoms with E-state index in [1.165, 1.54) is 13.2 Å². The van der Waals surface area contributed by atoms with Gasteiger partial charge in [-0.1, -0.05) is 6.58 Å². The fourth-order valence-electron chi connectivity index (χ4n) is 0.924. The van der Waals surface area contributed by atoms with Crippen molar-refractivity contribution in [1.82, 2.24) is 9.78 Å². The highest BCUT2D eigenvalue weighted by Gasteiger charge is 2.12. The first-order chi connectivity index (χ1) is 5.69. The van der Waals surface area contributed by atoms with Gasteiger partial charge in [0.1, 0.15) is 5.56 Å². The highest BCUT2D eigenvalue weighted by atomic mass is 16.5. The van der Waals surface area contributed by atoms with E-state index in [-0.39, 0.29) is 0 Å². The minimum atomic E-state index is -0.391. The van der Waals surface area contributed by atoms with E-state index in [2.05, 4.69) is 16.4 Å². The molecule has 0 fully saturated rings. The first-order valence-electron chi connectivity index (χ1n) is 3.43. The molecule has 0 aliphatic carbocycles. The number of esters is 1. The molecule has 0 aromatic carbocycles. The van der Waals surface area contributed by atoms with Crippen molar-refractivity contribution in [2.75, 3.05) is 7.11 Å². The second-order valence-corrected chi connectivity index (χ2v) is 2.30. The second-order valence-electron chi connectivity index (χ2n) is 2.30. The average molecular weight is 166 g/mol. The Balaban J connectivity index is 3.12. The van der Waals surface area contributed by atoms with E-state index >= 15 is 0 Å². The van der Waals surface area contributed by atoms with Crippen LogP contribution in [0.2, 0.25) is 0 Å². The minimum Gasteiger partial charge on any atom is -0.465 e. The van der Waals surface area contributed by atoms with Crippen LogP contribution in [0.3, 0.4) is 0 Å². The van der Waals surface area contributed by atoms with Crippen molar-refractivity contribution >= 4 is 12.0 Å². The van der Waals surface area contributed by atoms with Crippen LogP contribution in [0.1, 0.15) is 16.1 Å². The minimum absolute atomic E-state index is 0.391. The fourth-order valence-corrected chi connectivity index (χ4v) is 0.924. The van der Waals surface area contributed by atoms with Crippen molar-refractivity contribution in [3.05, 3.63) is 24.0 Å². The molecule has 0 saturated heterocycles. The number of aromatic nitrogens is 2. The lowest BCUT2D eigenvalue weighted by Crippen LogP contribution is -2.01. The SMILES string of the molecule is C=Cc1nn(C)cc1C(=O)OC. The van der Waals surface area contributed by atoms with Crippen molar-refractivity contribution < 1.29 is 9.53 Å². The van der Waals surface area contributed by atoms with Gasteiger partial charge in [-0.05, 0) is 6.08 Å². The van der Waals surface area contributed by atoms with Crippen LogP contribution in [0.15, 0.2) is 12.8 Å². The molecule has 4 heteroatoms. The molecule has 0 unspecified atom stereocenters. The molecule has 0 N–H and O–H groups in total. The molecule has 1 aromatic rings. The topological polar surface area (TPSA) is 44.1 Å². The van der Waals surface area contributed by atoms with Gasteiger partial charge in [0.15, 0.2) is 0 Å². The van der Waals surface area contributed by atoms with E-state index in [9.17, 15) is 4.79 Å². The Kier molecular flexibility index (Phi) is 2.28. The summed E-state index contributed by atoms with van der Waals surface area (Å²) >= 11 is 0. The highest BCUT2D eigenvalue weighted by molar-refractivity contribution is 5.92. The lowest BCUT2D eigenvalue weighted by molar-refractivity contribution is 0.0600. The Morgan fingerprint density at radius 1 is 1.83 bits per heavy atom. The molecule has 0 spiro atoms. The van der Waals surface area contributed by atoms with E-state index < -0.39 is 5.97 Å². The average Bonchev–Trinajstić information content (AvgIpc) is 2.45. The number of hydrogen-bond donors (Lipinski definition) is 0. The molecule has 0 aliphatic rings. The molecule has 12 heavy (non-hydrogen) atoms. The molecule has 0 atom stereocenters. The molecule has 1 heterocycles. The van der Waals surface area contributed by atoms with Crippen LogP contribution in [0.5, 0.6) is 0 Å². The van der Waals surface area contributed by atoms with Gasteiger partial charge in [0.05, 0.1) is 12.8 Å². The summed E-state index contributed by atoms with van der Waals surface area (Å²) in [7, 11) is 3.07. The molecule has 0 bridgehead atoms. The van der Waals surface area contributed by atoms with Crippen LogP contribution in [0.4, 0.5) is 0 Å². The summed E-state index contributed by atoms with van der Waals surface area (Å²) in [6.07, 6.45) is 3.12. The molecule has 0 radical (unpaired) electrons. The van der Waals surface area contributed by atoms with Gasteiger partial charge in [-0.15, -0.1) is 0 Å². The number of rotatable bonds is 2. The lowest BCUT2D eigenvalue weighted by Gasteiger charge is -1.93. The molecule has 64 valence electrons. The number of nitrogens with zero attached hydrogens (tertiary/aromatic N) is 2.